The van der Waals surface area contributed by atoms with Crippen molar-refractivity contribution in [3.63, 3.8) is 0 Å². The summed E-state index contributed by atoms with van der Waals surface area (Å²) in [6.45, 7) is 7.47. The molecule has 0 aromatic heterocycles. The van der Waals surface area contributed by atoms with E-state index in [1.54, 1.807) is 0 Å². The van der Waals surface area contributed by atoms with Gasteiger partial charge in [-0.1, -0.05) is 25.1 Å². The van der Waals surface area contributed by atoms with Crippen molar-refractivity contribution in [2.75, 3.05) is 40.0 Å². The first-order valence-corrected chi connectivity index (χ1v) is 7.52. The molecule has 1 unspecified atom stereocenters. The van der Waals surface area contributed by atoms with Crippen molar-refractivity contribution in [2.24, 2.45) is 0 Å². The van der Waals surface area contributed by atoms with Crippen LogP contribution < -0.4 is 10.1 Å². The summed E-state index contributed by atoms with van der Waals surface area (Å²) in [5, 5.41) is 3.17. The zero-order valence-corrected chi connectivity index (χ0v) is 12.6. The van der Waals surface area contributed by atoms with Gasteiger partial charge in [0.05, 0.1) is 13.2 Å². The minimum Gasteiger partial charge on any atom is -0.492 e. The highest BCUT2D eigenvalue weighted by Crippen LogP contribution is 2.18. The van der Waals surface area contributed by atoms with E-state index < -0.39 is 0 Å². The van der Waals surface area contributed by atoms with Gasteiger partial charge in [-0.05, 0) is 19.5 Å². The molecule has 0 radical (unpaired) electrons. The third-order valence-electron chi connectivity index (χ3n) is 3.80. The predicted octanol–water partition coefficient (Wildman–Crippen LogP) is 1.90. The van der Waals surface area contributed by atoms with Crippen LogP contribution in [0.3, 0.4) is 0 Å². The normalized spacial score (nSPS) is 20.0. The molecule has 1 aromatic carbocycles. The smallest absolute Gasteiger partial charge is 0.123 e. The Labute approximate surface area is 122 Å². The summed E-state index contributed by atoms with van der Waals surface area (Å²) < 4.78 is 11.5. The summed E-state index contributed by atoms with van der Waals surface area (Å²) in [5.41, 5.74) is 1.21. The van der Waals surface area contributed by atoms with E-state index in [1.807, 2.05) is 19.2 Å². The van der Waals surface area contributed by atoms with Crippen LogP contribution >= 0.6 is 0 Å². The largest absolute Gasteiger partial charge is 0.492 e. The molecular weight excluding hydrogens is 252 g/mol. The van der Waals surface area contributed by atoms with Crippen molar-refractivity contribution < 1.29 is 9.47 Å². The molecule has 2 rings (SSSR count). The highest BCUT2D eigenvalue weighted by molar-refractivity contribution is 5.33. The van der Waals surface area contributed by atoms with Crippen molar-refractivity contribution in [3.8, 4) is 5.75 Å². The average Bonchev–Trinajstić information content (AvgIpc) is 2.50. The van der Waals surface area contributed by atoms with E-state index in [0.717, 1.165) is 51.6 Å². The molecule has 0 spiro atoms. The number of hydrogen-bond acceptors (Lipinski definition) is 4. The van der Waals surface area contributed by atoms with Crippen LogP contribution in [-0.2, 0) is 11.3 Å². The number of morpholine rings is 1. The first-order chi connectivity index (χ1) is 9.85. The lowest BCUT2D eigenvalue weighted by molar-refractivity contribution is -0.0133. The number of nitrogens with zero attached hydrogens (tertiary/aromatic N) is 1. The van der Waals surface area contributed by atoms with Crippen LogP contribution in [0.25, 0.3) is 0 Å². The van der Waals surface area contributed by atoms with Gasteiger partial charge in [-0.3, -0.25) is 4.90 Å². The second-order valence-electron chi connectivity index (χ2n) is 5.16. The second-order valence-corrected chi connectivity index (χ2v) is 5.16. The maximum Gasteiger partial charge on any atom is 0.123 e. The number of hydrogen-bond donors (Lipinski definition) is 1. The molecule has 1 saturated heterocycles. The highest BCUT2D eigenvalue weighted by atomic mass is 16.5. The molecule has 1 aromatic rings. The van der Waals surface area contributed by atoms with Gasteiger partial charge in [0, 0.05) is 31.2 Å². The summed E-state index contributed by atoms with van der Waals surface area (Å²) in [7, 11) is 1.95. The minimum absolute atomic E-state index is 0.542. The van der Waals surface area contributed by atoms with Gasteiger partial charge in [0.15, 0.2) is 0 Å². The molecule has 0 amide bonds. The zero-order valence-electron chi connectivity index (χ0n) is 12.6. The van der Waals surface area contributed by atoms with E-state index in [9.17, 15) is 0 Å². The quantitative estimate of drug-likeness (QED) is 0.826. The first-order valence-electron chi connectivity index (χ1n) is 7.52. The molecule has 0 saturated carbocycles. The van der Waals surface area contributed by atoms with Gasteiger partial charge in [0.1, 0.15) is 12.4 Å². The summed E-state index contributed by atoms with van der Waals surface area (Å²) in [6, 6.07) is 8.77. The fourth-order valence-electron chi connectivity index (χ4n) is 2.61. The average molecular weight is 278 g/mol. The number of para-hydroxylation sites is 1. The van der Waals surface area contributed by atoms with Crippen LogP contribution in [0, 0.1) is 0 Å². The lowest BCUT2D eigenvalue weighted by Crippen LogP contribution is -2.46. The molecule has 1 N–H and O–H groups in total. The van der Waals surface area contributed by atoms with Gasteiger partial charge in [0.25, 0.3) is 0 Å². The van der Waals surface area contributed by atoms with E-state index in [0.29, 0.717) is 6.04 Å². The van der Waals surface area contributed by atoms with Crippen molar-refractivity contribution >= 4 is 0 Å². The molecule has 0 bridgehead atoms. The lowest BCUT2D eigenvalue weighted by Gasteiger charge is -2.34. The summed E-state index contributed by atoms with van der Waals surface area (Å²) in [6.07, 6.45) is 1.14. The van der Waals surface area contributed by atoms with Crippen LogP contribution in [0.5, 0.6) is 5.75 Å². The van der Waals surface area contributed by atoms with E-state index >= 15 is 0 Å². The van der Waals surface area contributed by atoms with Crippen molar-refractivity contribution in [1.29, 1.82) is 0 Å². The Hall–Kier alpha value is -1.10. The molecular formula is C16H26N2O2. The number of nitrogens with one attached hydrogen (secondary N) is 1. The Morgan fingerprint density at radius 1 is 1.40 bits per heavy atom. The van der Waals surface area contributed by atoms with Gasteiger partial charge < -0.3 is 14.8 Å². The number of benzene rings is 1. The van der Waals surface area contributed by atoms with Gasteiger partial charge in [-0.2, -0.15) is 0 Å². The molecule has 1 aliphatic heterocycles. The monoisotopic (exact) mass is 278 g/mol. The summed E-state index contributed by atoms with van der Waals surface area (Å²) in [4.78, 5) is 2.48. The Kier molecular flexibility index (Phi) is 6.30. The third kappa shape index (κ3) is 4.20. The molecule has 1 aliphatic rings. The van der Waals surface area contributed by atoms with Crippen molar-refractivity contribution in [2.45, 2.75) is 25.9 Å². The summed E-state index contributed by atoms with van der Waals surface area (Å²) in [5.74, 6) is 0.989. The molecule has 4 nitrogen and oxygen atoms in total. The van der Waals surface area contributed by atoms with Crippen LogP contribution in [0.4, 0.5) is 0 Å². The molecule has 1 heterocycles. The van der Waals surface area contributed by atoms with Gasteiger partial charge in [0.2, 0.25) is 0 Å². The molecule has 112 valence electrons. The van der Waals surface area contributed by atoms with Gasteiger partial charge >= 0.3 is 0 Å². The van der Waals surface area contributed by atoms with Crippen LogP contribution in [0.2, 0.25) is 0 Å². The maximum absolute atomic E-state index is 5.96. The van der Waals surface area contributed by atoms with Crippen LogP contribution in [0.15, 0.2) is 24.3 Å². The third-order valence-corrected chi connectivity index (χ3v) is 3.80. The Morgan fingerprint density at radius 3 is 3.05 bits per heavy atom. The van der Waals surface area contributed by atoms with Crippen molar-refractivity contribution in [3.05, 3.63) is 29.8 Å². The van der Waals surface area contributed by atoms with E-state index in [-0.39, 0.29) is 0 Å². The Bertz CT molecular complexity index is 398. The topological polar surface area (TPSA) is 33.7 Å². The second kappa shape index (κ2) is 8.25. The zero-order chi connectivity index (χ0) is 14.2. The molecule has 1 atom stereocenters. The molecule has 1 fully saturated rings. The van der Waals surface area contributed by atoms with Crippen LogP contribution in [0.1, 0.15) is 18.9 Å². The Morgan fingerprint density at radius 2 is 2.25 bits per heavy atom. The van der Waals surface area contributed by atoms with Gasteiger partial charge in [-0.15, -0.1) is 0 Å². The standard InChI is InChI=1S/C16H26N2O2/c1-3-15-13-19-10-8-18(15)9-11-20-16-7-5-4-6-14(16)12-17-2/h4-7,15,17H,3,8-13H2,1-2H3. The Balaban J connectivity index is 1.83. The number of ether oxygens (including phenoxy) is 2. The fraction of sp³-hybridized carbons (Fsp3) is 0.625. The van der Waals surface area contributed by atoms with E-state index in [4.69, 9.17) is 9.47 Å². The lowest BCUT2D eigenvalue weighted by atomic mass is 10.2. The van der Waals surface area contributed by atoms with Crippen molar-refractivity contribution in [1.82, 2.24) is 10.2 Å². The molecule has 0 aliphatic carbocycles. The van der Waals surface area contributed by atoms with Gasteiger partial charge in [-0.25, -0.2) is 0 Å². The fourth-order valence-corrected chi connectivity index (χ4v) is 2.61. The molecule has 20 heavy (non-hydrogen) atoms. The van der Waals surface area contributed by atoms with Crippen LogP contribution in [-0.4, -0.2) is 50.9 Å². The SMILES string of the molecule is CCC1COCCN1CCOc1ccccc1CNC. The molecule has 4 heteroatoms. The first kappa shape index (κ1) is 15.3. The predicted molar refractivity (Wildman–Crippen MR) is 81.2 cm³/mol. The highest BCUT2D eigenvalue weighted by Gasteiger charge is 2.20. The minimum atomic E-state index is 0.542. The number of rotatable bonds is 7. The summed E-state index contributed by atoms with van der Waals surface area (Å²) >= 11 is 0. The van der Waals surface area contributed by atoms with E-state index in [1.165, 1.54) is 5.56 Å². The maximum atomic E-state index is 5.96. The van der Waals surface area contributed by atoms with E-state index in [2.05, 4.69) is 29.3 Å².